The van der Waals surface area contributed by atoms with Gasteiger partial charge in [0.1, 0.15) is 0 Å². The largest absolute Gasteiger partial charge is 0.348 e. The second-order valence-electron chi connectivity index (χ2n) is 8.14. The molecule has 1 amide bonds. The Bertz CT molecular complexity index is 1070. The molecule has 3 aromatic rings. The number of hydrogen-bond acceptors (Lipinski definition) is 5. The molecule has 0 saturated carbocycles. The zero-order valence-corrected chi connectivity index (χ0v) is 17.9. The third-order valence-corrected chi connectivity index (χ3v) is 5.89. The van der Waals surface area contributed by atoms with Crippen LogP contribution in [0.4, 0.5) is 0 Å². The number of carbonyl (C=O) groups is 1. The number of para-hydroxylation sites is 1. The van der Waals surface area contributed by atoms with Crippen molar-refractivity contribution in [3.63, 3.8) is 0 Å². The van der Waals surface area contributed by atoms with Gasteiger partial charge in [0, 0.05) is 45.7 Å². The topological polar surface area (TPSA) is 70.5 Å². The number of hydrogen-bond donors (Lipinski definition) is 1. The summed E-state index contributed by atoms with van der Waals surface area (Å²) in [5, 5.41) is 3.76. The molecule has 0 aliphatic carbocycles. The average molecular weight is 420 g/mol. The number of piperazine rings is 1. The predicted molar refractivity (Wildman–Crippen MR) is 122 cm³/mol. The van der Waals surface area contributed by atoms with Gasteiger partial charge in [0.25, 0.3) is 5.56 Å². The first-order valence-corrected chi connectivity index (χ1v) is 10.8. The third-order valence-electron chi connectivity index (χ3n) is 5.89. The van der Waals surface area contributed by atoms with E-state index in [1.54, 1.807) is 6.07 Å². The minimum atomic E-state index is -0.115. The maximum absolute atomic E-state index is 12.8. The van der Waals surface area contributed by atoms with Gasteiger partial charge in [-0.25, -0.2) is 4.98 Å². The van der Waals surface area contributed by atoms with Crippen molar-refractivity contribution >= 4 is 16.8 Å². The molecule has 1 fully saturated rings. The van der Waals surface area contributed by atoms with E-state index in [0.29, 0.717) is 17.4 Å². The molecule has 31 heavy (non-hydrogen) atoms. The monoisotopic (exact) mass is 419 g/mol. The molecule has 1 saturated heterocycles. The average Bonchev–Trinajstić information content (AvgIpc) is 2.80. The first kappa shape index (κ1) is 21.2. The summed E-state index contributed by atoms with van der Waals surface area (Å²) in [6, 6.07) is 17.3. The van der Waals surface area contributed by atoms with Crippen LogP contribution in [-0.2, 0) is 11.3 Å². The second kappa shape index (κ2) is 9.85. The Morgan fingerprint density at radius 3 is 2.52 bits per heavy atom. The van der Waals surface area contributed by atoms with Crippen molar-refractivity contribution in [3.05, 3.63) is 76.8 Å². The summed E-state index contributed by atoms with van der Waals surface area (Å²) in [6.45, 7) is 5.14. The van der Waals surface area contributed by atoms with Crippen molar-refractivity contribution in [1.29, 1.82) is 0 Å². The van der Waals surface area contributed by atoms with Crippen LogP contribution in [0.15, 0.2) is 65.7 Å². The van der Waals surface area contributed by atoms with Gasteiger partial charge in [-0.3, -0.25) is 19.1 Å². The number of aryl methyl sites for hydroxylation is 1. The minimum absolute atomic E-state index is 0.0666. The van der Waals surface area contributed by atoms with Gasteiger partial charge in [-0.15, -0.1) is 0 Å². The Morgan fingerprint density at radius 1 is 1.03 bits per heavy atom. The summed E-state index contributed by atoms with van der Waals surface area (Å²) in [5.74, 6) is -0.0666. The summed E-state index contributed by atoms with van der Waals surface area (Å²) < 4.78 is 1.51. The van der Waals surface area contributed by atoms with E-state index in [2.05, 4.69) is 39.3 Å². The highest BCUT2D eigenvalue weighted by Crippen LogP contribution is 2.16. The number of rotatable bonds is 7. The van der Waals surface area contributed by atoms with E-state index in [9.17, 15) is 9.59 Å². The third kappa shape index (κ3) is 5.37. The van der Waals surface area contributed by atoms with Gasteiger partial charge in [0.2, 0.25) is 5.91 Å². The van der Waals surface area contributed by atoms with E-state index >= 15 is 0 Å². The summed E-state index contributed by atoms with van der Waals surface area (Å²) in [6.07, 6.45) is 1.75. The van der Waals surface area contributed by atoms with Crippen LogP contribution < -0.4 is 10.9 Å². The molecular formula is C24H29N5O2. The van der Waals surface area contributed by atoms with Gasteiger partial charge in [0.05, 0.1) is 23.3 Å². The quantitative estimate of drug-likeness (QED) is 0.633. The van der Waals surface area contributed by atoms with Crippen LogP contribution in [0, 0.1) is 0 Å². The summed E-state index contributed by atoms with van der Waals surface area (Å²) >= 11 is 0. The van der Waals surface area contributed by atoms with Gasteiger partial charge in [-0.2, -0.15) is 0 Å². The van der Waals surface area contributed by atoms with Crippen LogP contribution in [0.2, 0.25) is 0 Å². The zero-order valence-electron chi connectivity index (χ0n) is 17.9. The lowest BCUT2D eigenvalue weighted by Crippen LogP contribution is -2.47. The fourth-order valence-electron chi connectivity index (χ4n) is 3.96. The van der Waals surface area contributed by atoms with Crippen LogP contribution in [0.3, 0.4) is 0 Å². The molecule has 162 valence electrons. The van der Waals surface area contributed by atoms with Crippen molar-refractivity contribution < 1.29 is 4.79 Å². The highest BCUT2D eigenvalue weighted by molar-refractivity contribution is 5.77. The molecule has 0 spiro atoms. The SMILES string of the molecule is CN1CCN(CC(NC(=O)CCn2cnc3ccccc3c2=O)c2ccccc2)CC1. The Hall–Kier alpha value is -3.03. The molecule has 1 unspecified atom stereocenters. The summed E-state index contributed by atoms with van der Waals surface area (Å²) in [4.78, 5) is 34.5. The number of aromatic nitrogens is 2. The van der Waals surface area contributed by atoms with E-state index in [-0.39, 0.29) is 23.9 Å². The number of likely N-dealkylation sites (N-methyl/N-ethyl adjacent to an activating group) is 1. The molecule has 1 N–H and O–H groups in total. The molecule has 4 rings (SSSR count). The number of nitrogens with zero attached hydrogens (tertiary/aromatic N) is 4. The van der Waals surface area contributed by atoms with E-state index in [4.69, 9.17) is 0 Å². The molecule has 7 heteroatoms. The lowest BCUT2D eigenvalue weighted by atomic mass is 10.1. The number of carbonyl (C=O) groups excluding carboxylic acids is 1. The lowest BCUT2D eigenvalue weighted by Gasteiger charge is -2.35. The second-order valence-corrected chi connectivity index (χ2v) is 8.14. The van der Waals surface area contributed by atoms with E-state index in [0.717, 1.165) is 38.3 Å². The van der Waals surface area contributed by atoms with Gasteiger partial charge in [-0.1, -0.05) is 42.5 Å². The number of benzene rings is 2. The summed E-state index contributed by atoms with van der Waals surface area (Å²) in [5.41, 5.74) is 1.65. The normalized spacial score (nSPS) is 16.3. The Labute approximate surface area is 182 Å². The molecule has 0 radical (unpaired) electrons. The number of nitrogens with one attached hydrogen (secondary N) is 1. The van der Waals surface area contributed by atoms with Crippen LogP contribution in [0.5, 0.6) is 0 Å². The number of amides is 1. The smallest absolute Gasteiger partial charge is 0.261 e. The maximum atomic E-state index is 12.8. The van der Waals surface area contributed by atoms with Crippen LogP contribution in [-0.4, -0.2) is 65.0 Å². The van der Waals surface area contributed by atoms with Gasteiger partial charge < -0.3 is 10.2 Å². The maximum Gasteiger partial charge on any atom is 0.261 e. The van der Waals surface area contributed by atoms with Crippen molar-refractivity contribution in [3.8, 4) is 0 Å². The van der Waals surface area contributed by atoms with E-state index in [1.165, 1.54) is 10.9 Å². The van der Waals surface area contributed by atoms with Crippen LogP contribution in [0.1, 0.15) is 18.0 Å². The fourth-order valence-corrected chi connectivity index (χ4v) is 3.96. The molecule has 0 bridgehead atoms. The van der Waals surface area contributed by atoms with Crippen molar-refractivity contribution in [2.45, 2.75) is 19.0 Å². The van der Waals surface area contributed by atoms with Crippen LogP contribution in [0.25, 0.3) is 10.9 Å². The van der Waals surface area contributed by atoms with E-state index < -0.39 is 0 Å². The van der Waals surface area contributed by atoms with Gasteiger partial charge in [-0.05, 0) is 24.7 Å². The zero-order chi connectivity index (χ0) is 21.6. The van der Waals surface area contributed by atoms with Crippen molar-refractivity contribution in [2.24, 2.45) is 0 Å². The van der Waals surface area contributed by atoms with Crippen LogP contribution >= 0.6 is 0 Å². The first-order valence-electron chi connectivity index (χ1n) is 10.8. The molecule has 1 aliphatic heterocycles. The Balaban J connectivity index is 1.41. The van der Waals surface area contributed by atoms with Crippen molar-refractivity contribution in [1.82, 2.24) is 24.7 Å². The standard InChI is InChI=1S/C24H29N5O2/c1-27-13-15-28(16-14-27)17-22(19-7-3-2-4-8-19)26-23(30)11-12-29-18-25-21-10-6-5-9-20(21)24(29)31/h2-10,18,22H,11-17H2,1H3,(H,26,30). The molecule has 7 nitrogen and oxygen atoms in total. The van der Waals surface area contributed by atoms with Gasteiger partial charge in [0.15, 0.2) is 0 Å². The molecule has 1 aliphatic rings. The Kier molecular flexibility index (Phi) is 6.74. The number of fused-ring (bicyclic) bond motifs is 1. The Morgan fingerprint density at radius 2 is 1.74 bits per heavy atom. The molecule has 2 aromatic carbocycles. The summed E-state index contributed by atoms with van der Waals surface area (Å²) in [7, 11) is 2.14. The first-order chi connectivity index (χ1) is 15.1. The fraction of sp³-hybridized carbons (Fsp3) is 0.375. The molecule has 2 heterocycles. The molecule has 1 atom stereocenters. The molecule has 1 aromatic heterocycles. The highest BCUT2D eigenvalue weighted by Gasteiger charge is 2.21. The predicted octanol–water partition coefficient (Wildman–Crippen LogP) is 1.89. The molecular weight excluding hydrogens is 390 g/mol. The highest BCUT2D eigenvalue weighted by atomic mass is 16.2. The van der Waals surface area contributed by atoms with Gasteiger partial charge >= 0.3 is 0 Å². The minimum Gasteiger partial charge on any atom is -0.348 e. The van der Waals surface area contributed by atoms with E-state index in [1.807, 2.05) is 36.4 Å². The lowest BCUT2D eigenvalue weighted by molar-refractivity contribution is -0.122. The van der Waals surface area contributed by atoms with Crippen molar-refractivity contribution in [2.75, 3.05) is 39.8 Å².